The second kappa shape index (κ2) is 11.1. The van der Waals surface area contributed by atoms with E-state index in [-0.39, 0.29) is 12.6 Å². The molecular formula is C29H24ClN5O2. The van der Waals surface area contributed by atoms with Gasteiger partial charge in [0.2, 0.25) is 0 Å². The molecule has 1 amide bonds. The minimum absolute atomic E-state index is 0.179. The number of amides is 1. The number of rotatable bonds is 7. The van der Waals surface area contributed by atoms with Crippen LogP contribution in [0.3, 0.4) is 0 Å². The largest absolute Gasteiger partial charge is 0.450 e. The van der Waals surface area contributed by atoms with Gasteiger partial charge in [-0.15, -0.1) is 0 Å². The van der Waals surface area contributed by atoms with Gasteiger partial charge in [0.15, 0.2) is 5.65 Å². The third-order valence-electron chi connectivity index (χ3n) is 5.73. The van der Waals surface area contributed by atoms with Crippen LogP contribution in [0.5, 0.6) is 0 Å². The van der Waals surface area contributed by atoms with E-state index in [9.17, 15) is 4.79 Å². The lowest BCUT2D eigenvalue weighted by Crippen LogP contribution is -2.16. The molecule has 2 heterocycles. The zero-order chi connectivity index (χ0) is 25.6. The molecule has 0 fully saturated rings. The molecule has 0 unspecified atom stereocenters. The number of anilines is 2. The van der Waals surface area contributed by atoms with Crippen LogP contribution < -0.4 is 10.6 Å². The van der Waals surface area contributed by atoms with Gasteiger partial charge < -0.3 is 10.1 Å². The van der Waals surface area contributed by atoms with E-state index in [0.717, 1.165) is 16.7 Å². The van der Waals surface area contributed by atoms with Crippen LogP contribution in [-0.2, 0) is 4.74 Å². The Morgan fingerprint density at radius 1 is 0.919 bits per heavy atom. The number of hydrogen-bond donors (Lipinski definition) is 2. The molecule has 0 saturated heterocycles. The van der Waals surface area contributed by atoms with Gasteiger partial charge in [0.25, 0.3) is 0 Å². The fourth-order valence-electron chi connectivity index (χ4n) is 4.01. The maximum absolute atomic E-state index is 12.2. The van der Waals surface area contributed by atoms with Gasteiger partial charge in [0, 0.05) is 16.7 Å². The first-order valence-electron chi connectivity index (χ1n) is 11.8. The standard InChI is InChI=1S/C29H24ClN5O2/c1-2-37-29(36)35-25-17-23(32-26(20-9-5-3-6-10-20)21-11-7-4-8-12-21)27-28(34-25)33-24(18-31-27)19-13-15-22(30)16-14-19/h3-18,26H,2H2,1H3,(H2,32,33,34,35,36). The van der Waals surface area contributed by atoms with Crippen molar-refractivity contribution in [3.8, 4) is 11.3 Å². The molecule has 184 valence electrons. The van der Waals surface area contributed by atoms with Crippen molar-refractivity contribution in [1.82, 2.24) is 15.0 Å². The highest BCUT2D eigenvalue weighted by molar-refractivity contribution is 6.30. The summed E-state index contributed by atoms with van der Waals surface area (Å²) in [5.74, 6) is 0.302. The van der Waals surface area contributed by atoms with Crippen LogP contribution in [0.15, 0.2) is 97.2 Å². The van der Waals surface area contributed by atoms with E-state index >= 15 is 0 Å². The number of carbonyl (C=O) groups is 1. The van der Waals surface area contributed by atoms with Crippen molar-refractivity contribution in [3.05, 3.63) is 113 Å². The highest BCUT2D eigenvalue weighted by atomic mass is 35.5. The number of nitrogens with zero attached hydrogens (tertiary/aromatic N) is 3. The molecule has 5 aromatic rings. The van der Waals surface area contributed by atoms with Gasteiger partial charge in [-0.25, -0.2) is 19.7 Å². The average molecular weight is 510 g/mol. The summed E-state index contributed by atoms with van der Waals surface area (Å²) >= 11 is 6.05. The summed E-state index contributed by atoms with van der Waals surface area (Å²) in [5.41, 5.74) is 5.26. The van der Waals surface area contributed by atoms with Gasteiger partial charge in [-0.2, -0.15) is 0 Å². The Labute approximate surface area is 219 Å². The van der Waals surface area contributed by atoms with Gasteiger partial charge in [0.05, 0.1) is 30.2 Å². The topological polar surface area (TPSA) is 89.0 Å². The summed E-state index contributed by atoms with van der Waals surface area (Å²) in [7, 11) is 0. The Morgan fingerprint density at radius 2 is 1.57 bits per heavy atom. The Hall–Kier alpha value is -4.49. The van der Waals surface area contributed by atoms with E-state index in [4.69, 9.17) is 26.3 Å². The maximum atomic E-state index is 12.2. The van der Waals surface area contributed by atoms with Crippen molar-refractivity contribution in [2.75, 3.05) is 17.2 Å². The van der Waals surface area contributed by atoms with E-state index in [2.05, 4.69) is 39.9 Å². The average Bonchev–Trinajstić information content (AvgIpc) is 2.93. The minimum atomic E-state index is -0.593. The predicted molar refractivity (Wildman–Crippen MR) is 147 cm³/mol. The molecule has 8 heteroatoms. The van der Waals surface area contributed by atoms with E-state index in [1.807, 2.05) is 48.5 Å². The molecule has 0 spiro atoms. The molecular weight excluding hydrogens is 486 g/mol. The van der Waals surface area contributed by atoms with Crippen LogP contribution in [0.1, 0.15) is 24.1 Å². The molecule has 0 saturated carbocycles. The van der Waals surface area contributed by atoms with Crippen LogP contribution >= 0.6 is 11.6 Å². The van der Waals surface area contributed by atoms with Crippen molar-refractivity contribution in [3.63, 3.8) is 0 Å². The molecule has 0 aliphatic rings. The molecule has 0 aliphatic carbocycles. The van der Waals surface area contributed by atoms with Crippen LogP contribution in [-0.4, -0.2) is 27.7 Å². The summed E-state index contributed by atoms with van der Waals surface area (Å²) < 4.78 is 5.06. The number of hydrogen-bond acceptors (Lipinski definition) is 6. The number of halogens is 1. The SMILES string of the molecule is CCOC(=O)Nc1cc(NC(c2ccccc2)c2ccccc2)c2ncc(-c3ccc(Cl)cc3)nc2n1. The lowest BCUT2D eigenvalue weighted by molar-refractivity contribution is 0.168. The number of benzene rings is 3. The quantitative estimate of drug-likeness (QED) is 0.243. The van der Waals surface area contributed by atoms with Gasteiger partial charge in [0.1, 0.15) is 11.3 Å². The van der Waals surface area contributed by atoms with E-state index in [1.165, 1.54) is 0 Å². The number of carbonyl (C=O) groups excluding carboxylic acids is 1. The van der Waals surface area contributed by atoms with E-state index in [1.54, 1.807) is 31.3 Å². The van der Waals surface area contributed by atoms with Crippen molar-refractivity contribution in [2.45, 2.75) is 13.0 Å². The van der Waals surface area contributed by atoms with Crippen molar-refractivity contribution < 1.29 is 9.53 Å². The first kappa shape index (κ1) is 24.2. The zero-order valence-corrected chi connectivity index (χ0v) is 20.8. The molecule has 0 atom stereocenters. The molecule has 0 aliphatic heterocycles. The van der Waals surface area contributed by atoms with Crippen LogP contribution in [0.2, 0.25) is 5.02 Å². The Morgan fingerprint density at radius 3 is 2.19 bits per heavy atom. The number of fused-ring (bicyclic) bond motifs is 1. The Kier molecular flexibility index (Phi) is 7.23. The Balaban J connectivity index is 1.61. The van der Waals surface area contributed by atoms with E-state index in [0.29, 0.717) is 33.4 Å². The summed E-state index contributed by atoms with van der Waals surface area (Å²) in [6.07, 6.45) is 1.11. The smallest absolute Gasteiger partial charge is 0.412 e. The second-order valence-electron chi connectivity index (χ2n) is 8.23. The number of ether oxygens (including phenoxy) is 1. The summed E-state index contributed by atoms with van der Waals surface area (Å²) in [6.45, 7) is 1.99. The molecule has 0 bridgehead atoms. The first-order valence-corrected chi connectivity index (χ1v) is 12.2. The van der Waals surface area contributed by atoms with Crippen LogP contribution in [0, 0.1) is 0 Å². The highest BCUT2D eigenvalue weighted by Gasteiger charge is 2.18. The van der Waals surface area contributed by atoms with Gasteiger partial charge in [-0.3, -0.25) is 5.32 Å². The molecule has 37 heavy (non-hydrogen) atoms. The summed E-state index contributed by atoms with van der Waals surface area (Å²) in [4.78, 5) is 26.2. The lowest BCUT2D eigenvalue weighted by atomic mass is 9.98. The van der Waals surface area contributed by atoms with Gasteiger partial charge in [-0.1, -0.05) is 84.4 Å². The first-order chi connectivity index (χ1) is 18.1. The third-order valence-corrected chi connectivity index (χ3v) is 5.98. The van der Waals surface area contributed by atoms with Crippen molar-refractivity contribution in [1.29, 1.82) is 0 Å². The predicted octanol–water partition coefficient (Wildman–Crippen LogP) is 7.12. The molecule has 7 nitrogen and oxygen atoms in total. The van der Waals surface area contributed by atoms with Crippen LogP contribution in [0.25, 0.3) is 22.4 Å². The molecule has 2 aromatic heterocycles. The monoisotopic (exact) mass is 509 g/mol. The number of nitrogens with one attached hydrogen (secondary N) is 2. The second-order valence-corrected chi connectivity index (χ2v) is 8.67. The number of aromatic nitrogens is 3. The molecule has 0 radical (unpaired) electrons. The van der Waals surface area contributed by atoms with E-state index < -0.39 is 6.09 Å². The summed E-state index contributed by atoms with van der Waals surface area (Å²) in [5, 5.41) is 6.95. The molecule has 3 aromatic carbocycles. The number of pyridine rings is 1. The molecule has 5 rings (SSSR count). The fourth-order valence-corrected chi connectivity index (χ4v) is 4.14. The van der Waals surface area contributed by atoms with Gasteiger partial charge in [-0.05, 0) is 30.2 Å². The maximum Gasteiger partial charge on any atom is 0.412 e. The summed E-state index contributed by atoms with van der Waals surface area (Å²) in [6, 6.07) is 29.2. The minimum Gasteiger partial charge on any atom is -0.450 e. The Bertz CT molecular complexity index is 1470. The normalized spacial score (nSPS) is 10.9. The highest BCUT2D eigenvalue weighted by Crippen LogP contribution is 2.32. The van der Waals surface area contributed by atoms with Gasteiger partial charge >= 0.3 is 6.09 Å². The zero-order valence-electron chi connectivity index (χ0n) is 20.1. The van der Waals surface area contributed by atoms with Crippen LogP contribution in [0.4, 0.5) is 16.3 Å². The fraction of sp³-hybridized carbons (Fsp3) is 0.103. The lowest BCUT2D eigenvalue weighted by Gasteiger charge is -2.22. The third kappa shape index (κ3) is 5.68. The molecule has 2 N–H and O–H groups in total. The van der Waals surface area contributed by atoms with Crippen molar-refractivity contribution in [2.24, 2.45) is 0 Å². The van der Waals surface area contributed by atoms with Crippen molar-refractivity contribution >= 4 is 40.4 Å².